The van der Waals surface area contributed by atoms with Crippen LogP contribution in [0, 0.1) is 6.92 Å². The molecule has 4 heteroatoms. The molecule has 1 fully saturated rings. The molecule has 1 saturated heterocycles. The predicted molar refractivity (Wildman–Crippen MR) is 91.0 cm³/mol. The Balaban J connectivity index is 1.48. The highest BCUT2D eigenvalue weighted by Crippen LogP contribution is 2.10. The standard InChI is InChI=1S/C19H23N3O/c1-16-5-7-17(8-6-16)14-19(23)22-12-10-21(11-13-22)15-18-4-2-3-9-20-18/h2-9H,10-15H2,1H3. The van der Waals surface area contributed by atoms with Crippen LogP contribution in [-0.4, -0.2) is 46.9 Å². The first-order chi connectivity index (χ1) is 11.2. The zero-order valence-corrected chi connectivity index (χ0v) is 13.6. The van der Waals surface area contributed by atoms with Gasteiger partial charge in [0.25, 0.3) is 0 Å². The molecule has 2 heterocycles. The molecule has 0 radical (unpaired) electrons. The molecule has 0 unspecified atom stereocenters. The van der Waals surface area contributed by atoms with E-state index in [1.165, 1.54) is 5.56 Å². The highest BCUT2D eigenvalue weighted by Gasteiger charge is 2.21. The molecule has 1 aromatic heterocycles. The summed E-state index contributed by atoms with van der Waals surface area (Å²) < 4.78 is 0. The average molecular weight is 309 g/mol. The Hall–Kier alpha value is -2.20. The molecule has 0 aliphatic carbocycles. The van der Waals surface area contributed by atoms with Crippen LogP contribution in [-0.2, 0) is 17.8 Å². The summed E-state index contributed by atoms with van der Waals surface area (Å²) >= 11 is 0. The zero-order chi connectivity index (χ0) is 16.1. The lowest BCUT2D eigenvalue weighted by molar-refractivity contribution is -0.132. The molecule has 3 rings (SSSR count). The van der Waals surface area contributed by atoms with Gasteiger partial charge in [0.05, 0.1) is 12.1 Å². The third kappa shape index (κ3) is 4.39. The number of nitrogens with zero attached hydrogens (tertiary/aromatic N) is 3. The number of hydrogen-bond acceptors (Lipinski definition) is 3. The van der Waals surface area contributed by atoms with Gasteiger partial charge in [0, 0.05) is 38.9 Å². The number of aromatic nitrogens is 1. The van der Waals surface area contributed by atoms with E-state index in [9.17, 15) is 4.79 Å². The van der Waals surface area contributed by atoms with Crippen molar-refractivity contribution < 1.29 is 4.79 Å². The van der Waals surface area contributed by atoms with Gasteiger partial charge in [-0.05, 0) is 24.6 Å². The summed E-state index contributed by atoms with van der Waals surface area (Å²) in [5.41, 5.74) is 3.41. The molecule has 0 spiro atoms. The summed E-state index contributed by atoms with van der Waals surface area (Å²) in [7, 11) is 0. The second-order valence-corrected chi connectivity index (χ2v) is 6.14. The van der Waals surface area contributed by atoms with E-state index >= 15 is 0 Å². The van der Waals surface area contributed by atoms with Crippen LogP contribution in [0.2, 0.25) is 0 Å². The molecule has 0 bridgehead atoms. The summed E-state index contributed by atoms with van der Waals surface area (Å²) in [5, 5.41) is 0. The maximum absolute atomic E-state index is 12.4. The lowest BCUT2D eigenvalue weighted by atomic mass is 10.1. The topological polar surface area (TPSA) is 36.4 Å². The maximum Gasteiger partial charge on any atom is 0.227 e. The largest absolute Gasteiger partial charge is 0.340 e. The van der Waals surface area contributed by atoms with Crippen molar-refractivity contribution in [2.24, 2.45) is 0 Å². The quantitative estimate of drug-likeness (QED) is 0.869. The van der Waals surface area contributed by atoms with Crippen LogP contribution in [0.3, 0.4) is 0 Å². The summed E-state index contributed by atoms with van der Waals surface area (Å²) in [5.74, 6) is 0.228. The van der Waals surface area contributed by atoms with E-state index in [4.69, 9.17) is 0 Å². The Morgan fingerprint density at radius 1 is 1.04 bits per heavy atom. The highest BCUT2D eigenvalue weighted by atomic mass is 16.2. The van der Waals surface area contributed by atoms with Gasteiger partial charge in [-0.1, -0.05) is 35.9 Å². The van der Waals surface area contributed by atoms with Gasteiger partial charge in [0.1, 0.15) is 0 Å². The normalized spacial score (nSPS) is 15.6. The van der Waals surface area contributed by atoms with Gasteiger partial charge < -0.3 is 4.90 Å². The van der Waals surface area contributed by atoms with E-state index in [0.29, 0.717) is 6.42 Å². The van der Waals surface area contributed by atoms with Gasteiger partial charge >= 0.3 is 0 Å². The van der Waals surface area contributed by atoms with Crippen LogP contribution < -0.4 is 0 Å². The maximum atomic E-state index is 12.4. The number of carbonyl (C=O) groups is 1. The van der Waals surface area contributed by atoms with Crippen molar-refractivity contribution in [1.29, 1.82) is 0 Å². The third-order valence-corrected chi connectivity index (χ3v) is 4.31. The van der Waals surface area contributed by atoms with E-state index in [1.54, 1.807) is 0 Å². The number of pyridine rings is 1. The van der Waals surface area contributed by atoms with Crippen molar-refractivity contribution in [2.45, 2.75) is 19.9 Å². The second kappa shape index (κ2) is 7.38. The molecule has 1 amide bonds. The smallest absolute Gasteiger partial charge is 0.227 e. The Morgan fingerprint density at radius 2 is 1.78 bits per heavy atom. The van der Waals surface area contributed by atoms with E-state index in [1.807, 2.05) is 35.4 Å². The molecular weight excluding hydrogens is 286 g/mol. The van der Waals surface area contributed by atoms with Crippen molar-refractivity contribution in [3.05, 3.63) is 65.5 Å². The van der Waals surface area contributed by atoms with E-state index < -0.39 is 0 Å². The molecular formula is C19H23N3O. The van der Waals surface area contributed by atoms with Crippen LogP contribution in [0.5, 0.6) is 0 Å². The Morgan fingerprint density at radius 3 is 2.43 bits per heavy atom. The molecule has 4 nitrogen and oxygen atoms in total. The van der Waals surface area contributed by atoms with Gasteiger partial charge in [0.2, 0.25) is 5.91 Å². The predicted octanol–water partition coefficient (Wildman–Crippen LogP) is 2.28. The van der Waals surface area contributed by atoms with Gasteiger partial charge in [-0.25, -0.2) is 0 Å². The fourth-order valence-electron chi connectivity index (χ4n) is 2.87. The molecule has 1 aliphatic rings. The van der Waals surface area contributed by atoms with Crippen LogP contribution in [0.15, 0.2) is 48.7 Å². The van der Waals surface area contributed by atoms with Crippen molar-refractivity contribution in [3.63, 3.8) is 0 Å². The van der Waals surface area contributed by atoms with Crippen molar-refractivity contribution in [3.8, 4) is 0 Å². The summed E-state index contributed by atoms with van der Waals surface area (Å²) in [4.78, 5) is 21.1. The first-order valence-electron chi connectivity index (χ1n) is 8.16. The number of benzene rings is 1. The number of rotatable bonds is 4. The number of amides is 1. The van der Waals surface area contributed by atoms with E-state index in [0.717, 1.165) is 44.0 Å². The monoisotopic (exact) mass is 309 g/mol. The van der Waals surface area contributed by atoms with Crippen molar-refractivity contribution >= 4 is 5.91 Å². The van der Waals surface area contributed by atoms with Crippen LogP contribution >= 0.6 is 0 Å². The average Bonchev–Trinajstić information content (AvgIpc) is 2.58. The van der Waals surface area contributed by atoms with Crippen molar-refractivity contribution in [1.82, 2.24) is 14.8 Å². The molecule has 2 aromatic rings. The van der Waals surface area contributed by atoms with Crippen molar-refractivity contribution in [2.75, 3.05) is 26.2 Å². The van der Waals surface area contributed by atoms with Crippen LogP contribution in [0.25, 0.3) is 0 Å². The molecule has 1 aromatic carbocycles. The lowest BCUT2D eigenvalue weighted by Gasteiger charge is -2.34. The minimum absolute atomic E-state index is 0.228. The minimum Gasteiger partial charge on any atom is -0.340 e. The van der Waals surface area contributed by atoms with Gasteiger partial charge in [-0.15, -0.1) is 0 Å². The minimum atomic E-state index is 0.228. The Kier molecular flexibility index (Phi) is 5.03. The van der Waals surface area contributed by atoms with Crippen LogP contribution in [0.1, 0.15) is 16.8 Å². The molecule has 0 saturated carbocycles. The number of hydrogen-bond donors (Lipinski definition) is 0. The molecule has 1 aliphatic heterocycles. The van der Waals surface area contributed by atoms with Gasteiger partial charge in [-0.3, -0.25) is 14.7 Å². The number of carbonyl (C=O) groups excluding carboxylic acids is 1. The molecule has 0 N–H and O–H groups in total. The second-order valence-electron chi connectivity index (χ2n) is 6.14. The number of aryl methyl sites for hydroxylation is 1. The SMILES string of the molecule is Cc1ccc(CC(=O)N2CCN(Cc3ccccn3)CC2)cc1. The van der Waals surface area contributed by atoms with E-state index in [2.05, 4.69) is 35.0 Å². The summed E-state index contributed by atoms with van der Waals surface area (Å²) in [6, 6.07) is 14.2. The Labute approximate surface area is 137 Å². The van der Waals surface area contributed by atoms with E-state index in [-0.39, 0.29) is 5.91 Å². The fourth-order valence-corrected chi connectivity index (χ4v) is 2.87. The zero-order valence-electron chi connectivity index (χ0n) is 13.6. The fraction of sp³-hybridized carbons (Fsp3) is 0.368. The third-order valence-electron chi connectivity index (χ3n) is 4.31. The molecule has 0 atom stereocenters. The molecule has 23 heavy (non-hydrogen) atoms. The summed E-state index contributed by atoms with van der Waals surface area (Å²) in [6.45, 7) is 6.36. The van der Waals surface area contributed by atoms with Gasteiger partial charge in [-0.2, -0.15) is 0 Å². The van der Waals surface area contributed by atoms with Gasteiger partial charge in [0.15, 0.2) is 0 Å². The highest BCUT2D eigenvalue weighted by molar-refractivity contribution is 5.78. The van der Waals surface area contributed by atoms with Crippen LogP contribution in [0.4, 0.5) is 0 Å². The first kappa shape index (κ1) is 15.7. The first-order valence-corrected chi connectivity index (χ1v) is 8.16. The summed E-state index contributed by atoms with van der Waals surface area (Å²) in [6.07, 6.45) is 2.33. The Bertz CT molecular complexity index is 631. The molecule has 120 valence electrons. The lowest BCUT2D eigenvalue weighted by Crippen LogP contribution is -2.48. The number of piperazine rings is 1.